The van der Waals surface area contributed by atoms with E-state index >= 15 is 0 Å². The van der Waals surface area contributed by atoms with E-state index in [1.807, 2.05) is 37.3 Å². The maximum Gasteiger partial charge on any atom is 0.150 e. The molecule has 2 aliphatic heterocycles. The van der Waals surface area contributed by atoms with Crippen LogP contribution >= 0.6 is 0 Å². The van der Waals surface area contributed by atoms with Crippen molar-refractivity contribution < 1.29 is 19.0 Å². The van der Waals surface area contributed by atoms with Gasteiger partial charge in [0.2, 0.25) is 0 Å². The van der Waals surface area contributed by atoms with E-state index in [0.717, 1.165) is 52.6 Å². The van der Waals surface area contributed by atoms with Crippen LogP contribution in [0.4, 0.5) is 4.39 Å². The van der Waals surface area contributed by atoms with Gasteiger partial charge in [0.05, 0.1) is 0 Å². The average Bonchev–Trinajstić information content (AvgIpc) is 3.29. The summed E-state index contributed by atoms with van der Waals surface area (Å²) in [6.45, 7) is 9.43. The number of benzene rings is 3. The summed E-state index contributed by atoms with van der Waals surface area (Å²) >= 11 is 0. The molecule has 2 heterocycles. The molecule has 1 fully saturated rings. The second kappa shape index (κ2) is 9.74. The predicted molar refractivity (Wildman–Crippen MR) is 137 cm³/mol. The molecule has 5 rings (SSSR count). The maximum absolute atomic E-state index is 14.2. The molecule has 3 unspecified atom stereocenters. The SMILES string of the molecule is CC1=C(c2cccc(F)c2)C(c2ccc(OCC(C)N3CCC(C)C3)cc2)Oc2ccc(O)cc21. The molecule has 3 aromatic carbocycles. The number of hydrogen-bond acceptors (Lipinski definition) is 4. The molecule has 0 radical (unpaired) electrons. The van der Waals surface area contributed by atoms with Crippen LogP contribution in [0.5, 0.6) is 17.2 Å². The first-order valence-electron chi connectivity index (χ1n) is 12.3. The van der Waals surface area contributed by atoms with Crippen LogP contribution in [0, 0.1) is 11.7 Å². The number of fused-ring (bicyclic) bond motifs is 1. The van der Waals surface area contributed by atoms with Gasteiger partial charge < -0.3 is 14.6 Å². The summed E-state index contributed by atoms with van der Waals surface area (Å²) in [5.74, 6) is 2.14. The third-order valence-corrected chi connectivity index (χ3v) is 7.17. The minimum absolute atomic E-state index is 0.169. The number of aromatic hydroxyl groups is 1. The second-order valence-electron chi connectivity index (χ2n) is 9.85. The third kappa shape index (κ3) is 4.92. The Labute approximate surface area is 206 Å². The third-order valence-electron chi connectivity index (χ3n) is 7.17. The zero-order valence-electron chi connectivity index (χ0n) is 20.5. The smallest absolute Gasteiger partial charge is 0.150 e. The van der Waals surface area contributed by atoms with Gasteiger partial charge in [0.25, 0.3) is 0 Å². The van der Waals surface area contributed by atoms with Crippen molar-refractivity contribution in [1.82, 2.24) is 4.90 Å². The monoisotopic (exact) mass is 473 g/mol. The van der Waals surface area contributed by atoms with Gasteiger partial charge in [-0.2, -0.15) is 0 Å². The van der Waals surface area contributed by atoms with Gasteiger partial charge in [-0.25, -0.2) is 4.39 Å². The van der Waals surface area contributed by atoms with Crippen molar-refractivity contribution in [1.29, 1.82) is 0 Å². The topological polar surface area (TPSA) is 41.9 Å². The molecule has 3 atom stereocenters. The van der Waals surface area contributed by atoms with Gasteiger partial charge in [-0.05, 0) is 91.9 Å². The molecule has 5 heteroatoms. The first-order chi connectivity index (χ1) is 16.9. The van der Waals surface area contributed by atoms with Crippen LogP contribution in [0.1, 0.15) is 50.0 Å². The summed E-state index contributed by atoms with van der Waals surface area (Å²) in [6, 6.07) is 20.0. The standard InChI is InChI=1S/C30H32FNO3/c1-19-13-14-32(17-19)20(2)18-34-26-10-7-22(8-11-26)30-29(23-5-4-6-24(31)15-23)21(3)27-16-25(33)9-12-28(27)35-30/h4-12,15-16,19-20,30,33H,13-14,17-18H2,1-3H3. The Bertz CT molecular complexity index is 1240. The molecule has 4 nitrogen and oxygen atoms in total. The lowest BCUT2D eigenvalue weighted by Gasteiger charge is -2.31. The van der Waals surface area contributed by atoms with E-state index < -0.39 is 6.10 Å². The van der Waals surface area contributed by atoms with E-state index in [1.165, 1.54) is 18.6 Å². The van der Waals surface area contributed by atoms with Gasteiger partial charge in [-0.3, -0.25) is 4.90 Å². The van der Waals surface area contributed by atoms with E-state index in [-0.39, 0.29) is 11.6 Å². The molecule has 1 N–H and O–H groups in total. The number of phenolic OH excluding ortho intramolecular Hbond substituents is 1. The molecule has 0 spiro atoms. The molecule has 0 bridgehead atoms. The molecule has 182 valence electrons. The Morgan fingerprint density at radius 3 is 2.63 bits per heavy atom. The van der Waals surface area contributed by atoms with Crippen molar-refractivity contribution in [3.05, 3.63) is 89.2 Å². The Balaban J connectivity index is 1.41. The van der Waals surface area contributed by atoms with E-state index in [9.17, 15) is 9.50 Å². The molecule has 1 saturated heterocycles. The fourth-order valence-corrected chi connectivity index (χ4v) is 5.13. The first-order valence-corrected chi connectivity index (χ1v) is 12.3. The summed E-state index contributed by atoms with van der Waals surface area (Å²) in [5, 5.41) is 10.0. The summed E-state index contributed by atoms with van der Waals surface area (Å²) in [5.41, 5.74) is 4.36. The van der Waals surface area contributed by atoms with Crippen molar-refractivity contribution in [2.75, 3.05) is 19.7 Å². The highest BCUT2D eigenvalue weighted by Gasteiger charge is 2.30. The Hall–Kier alpha value is -3.31. The van der Waals surface area contributed by atoms with Gasteiger partial charge in [0.15, 0.2) is 0 Å². The first kappa shape index (κ1) is 23.4. The average molecular weight is 474 g/mol. The Kier molecular flexibility index (Phi) is 6.52. The number of halogens is 1. The zero-order chi connectivity index (χ0) is 24.5. The maximum atomic E-state index is 14.2. The van der Waals surface area contributed by atoms with E-state index in [4.69, 9.17) is 9.47 Å². The molecule has 0 aliphatic carbocycles. The zero-order valence-corrected chi connectivity index (χ0v) is 20.5. The summed E-state index contributed by atoms with van der Waals surface area (Å²) in [4.78, 5) is 2.49. The molecule has 2 aliphatic rings. The van der Waals surface area contributed by atoms with Crippen LogP contribution in [0.15, 0.2) is 66.7 Å². The number of nitrogens with zero attached hydrogens (tertiary/aromatic N) is 1. The van der Waals surface area contributed by atoms with Gasteiger partial charge in [-0.1, -0.05) is 31.2 Å². The van der Waals surface area contributed by atoms with Crippen LogP contribution in [0.3, 0.4) is 0 Å². The fourth-order valence-electron chi connectivity index (χ4n) is 5.13. The number of phenols is 1. The highest BCUT2D eigenvalue weighted by Crippen LogP contribution is 2.47. The quantitative estimate of drug-likeness (QED) is 0.432. The van der Waals surface area contributed by atoms with Crippen LogP contribution in [-0.4, -0.2) is 35.7 Å². The summed E-state index contributed by atoms with van der Waals surface area (Å²) in [6.07, 6.45) is 0.844. The van der Waals surface area contributed by atoms with Gasteiger partial charge in [0.1, 0.15) is 35.8 Å². The number of allylic oxidation sites excluding steroid dienone is 1. The lowest BCUT2D eigenvalue weighted by Crippen LogP contribution is -2.35. The molecule has 0 amide bonds. The predicted octanol–water partition coefficient (Wildman–Crippen LogP) is 6.70. The molecule has 35 heavy (non-hydrogen) atoms. The number of ether oxygens (including phenoxy) is 2. The molecule has 0 saturated carbocycles. The number of likely N-dealkylation sites (tertiary alicyclic amines) is 1. The Morgan fingerprint density at radius 1 is 1.11 bits per heavy atom. The van der Waals surface area contributed by atoms with Crippen molar-refractivity contribution in [3.8, 4) is 17.2 Å². The lowest BCUT2D eigenvalue weighted by atomic mass is 9.86. The van der Waals surface area contributed by atoms with E-state index in [1.54, 1.807) is 24.3 Å². The van der Waals surface area contributed by atoms with Gasteiger partial charge >= 0.3 is 0 Å². The summed E-state index contributed by atoms with van der Waals surface area (Å²) < 4.78 is 26.7. The van der Waals surface area contributed by atoms with Crippen LogP contribution < -0.4 is 9.47 Å². The number of hydrogen-bond donors (Lipinski definition) is 1. The van der Waals surface area contributed by atoms with Gasteiger partial charge in [-0.15, -0.1) is 0 Å². The number of rotatable bonds is 6. The van der Waals surface area contributed by atoms with Gasteiger partial charge in [0, 0.05) is 23.7 Å². The molecule has 0 aromatic heterocycles. The van der Waals surface area contributed by atoms with Crippen LogP contribution in [0.2, 0.25) is 0 Å². The molecular formula is C30H32FNO3. The van der Waals surface area contributed by atoms with Crippen molar-refractivity contribution in [2.24, 2.45) is 5.92 Å². The van der Waals surface area contributed by atoms with E-state index in [2.05, 4.69) is 18.7 Å². The van der Waals surface area contributed by atoms with E-state index in [0.29, 0.717) is 18.4 Å². The second-order valence-corrected chi connectivity index (χ2v) is 9.85. The van der Waals surface area contributed by atoms with Crippen molar-refractivity contribution >= 4 is 11.1 Å². The largest absolute Gasteiger partial charge is 0.508 e. The van der Waals surface area contributed by atoms with Crippen LogP contribution in [0.25, 0.3) is 11.1 Å². The van der Waals surface area contributed by atoms with Crippen molar-refractivity contribution in [3.63, 3.8) is 0 Å². The normalized spacial score (nSPS) is 20.9. The van der Waals surface area contributed by atoms with Crippen LogP contribution in [-0.2, 0) is 0 Å². The molecular weight excluding hydrogens is 441 g/mol. The minimum atomic E-state index is -0.409. The highest BCUT2D eigenvalue weighted by molar-refractivity contribution is 5.95. The van der Waals surface area contributed by atoms with Crippen molar-refractivity contribution in [2.45, 2.75) is 39.3 Å². The minimum Gasteiger partial charge on any atom is -0.508 e. The molecule has 3 aromatic rings. The highest BCUT2D eigenvalue weighted by atomic mass is 19.1. The lowest BCUT2D eigenvalue weighted by molar-refractivity contribution is 0.169. The Morgan fingerprint density at radius 2 is 1.91 bits per heavy atom. The fraction of sp³-hybridized carbons (Fsp3) is 0.333. The summed E-state index contributed by atoms with van der Waals surface area (Å²) in [7, 11) is 0.